The van der Waals surface area contributed by atoms with E-state index in [-0.39, 0.29) is 0 Å². The van der Waals surface area contributed by atoms with Gasteiger partial charge in [-0.05, 0) is 31.0 Å². The first-order valence-electron chi connectivity index (χ1n) is 6.62. The molecule has 0 saturated carbocycles. The molecule has 0 bridgehead atoms. The van der Waals surface area contributed by atoms with Crippen molar-refractivity contribution in [2.75, 3.05) is 26.0 Å². The molecule has 1 N–H and O–H groups in total. The van der Waals surface area contributed by atoms with Crippen LogP contribution in [0.2, 0.25) is 0 Å². The van der Waals surface area contributed by atoms with Gasteiger partial charge < -0.3 is 10.1 Å². The van der Waals surface area contributed by atoms with Gasteiger partial charge in [-0.1, -0.05) is 31.2 Å². The molecule has 1 aromatic carbocycles. The fourth-order valence-corrected chi connectivity index (χ4v) is 2.96. The highest BCUT2D eigenvalue weighted by molar-refractivity contribution is 7.98. The lowest BCUT2D eigenvalue weighted by Crippen LogP contribution is -2.35. The highest BCUT2D eigenvalue weighted by Gasteiger charge is 2.07. The van der Waals surface area contributed by atoms with Crippen LogP contribution in [-0.4, -0.2) is 32.1 Å². The van der Waals surface area contributed by atoms with Gasteiger partial charge in [0.05, 0.1) is 6.61 Å². The predicted octanol–water partition coefficient (Wildman–Crippen LogP) is 3.24. The Morgan fingerprint density at radius 1 is 1.33 bits per heavy atom. The summed E-state index contributed by atoms with van der Waals surface area (Å²) in [4.78, 5) is 0. The normalized spacial score (nSPS) is 12.6. The second-order valence-electron chi connectivity index (χ2n) is 4.55. The van der Waals surface area contributed by atoms with Crippen LogP contribution in [0.1, 0.15) is 24.5 Å². The predicted molar refractivity (Wildman–Crippen MR) is 81.3 cm³/mol. The maximum absolute atomic E-state index is 5.25. The van der Waals surface area contributed by atoms with Crippen molar-refractivity contribution in [2.24, 2.45) is 0 Å². The lowest BCUT2D eigenvalue weighted by Gasteiger charge is -2.17. The summed E-state index contributed by atoms with van der Waals surface area (Å²) >= 11 is 1.98. The zero-order valence-corrected chi connectivity index (χ0v) is 12.6. The molecule has 1 rings (SSSR count). The van der Waals surface area contributed by atoms with Gasteiger partial charge in [0, 0.05) is 24.7 Å². The number of nitrogens with one attached hydrogen (secondary N) is 1. The van der Waals surface area contributed by atoms with Crippen LogP contribution >= 0.6 is 11.8 Å². The van der Waals surface area contributed by atoms with Crippen molar-refractivity contribution in [1.82, 2.24) is 5.32 Å². The molecular weight excluding hydrogens is 242 g/mol. The van der Waals surface area contributed by atoms with E-state index in [9.17, 15) is 0 Å². The molecule has 0 aliphatic rings. The molecule has 0 heterocycles. The highest BCUT2D eigenvalue weighted by Crippen LogP contribution is 2.16. The van der Waals surface area contributed by atoms with Gasteiger partial charge >= 0.3 is 0 Å². The van der Waals surface area contributed by atoms with Gasteiger partial charge in [-0.15, -0.1) is 0 Å². The maximum Gasteiger partial charge on any atom is 0.0623 e. The van der Waals surface area contributed by atoms with E-state index in [0.717, 1.165) is 24.7 Å². The molecule has 0 fully saturated rings. The fourth-order valence-electron chi connectivity index (χ4n) is 1.80. The Bertz CT molecular complexity index is 330. The first-order chi connectivity index (χ1) is 8.77. The Morgan fingerprint density at radius 3 is 2.78 bits per heavy atom. The number of methoxy groups -OCH3 is 1. The average Bonchev–Trinajstić information content (AvgIpc) is 2.38. The Labute approximate surface area is 116 Å². The Balaban J connectivity index is 2.31. The highest BCUT2D eigenvalue weighted by atomic mass is 32.2. The van der Waals surface area contributed by atoms with Crippen LogP contribution < -0.4 is 5.32 Å². The van der Waals surface area contributed by atoms with Crippen LogP contribution in [-0.2, 0) is 10.5 Å². The first-order valence-corrected chi connectivity index (χ1v) is 7.78. The summed E-state index contributed by atoms with van der Waals surface area (Å²) in [5.41, 5.74) is 2.82. The van der Waals surface area contributed by atoms with E-state index in [1.165, 1.54) is 17.5 Å². The molecular formula is C15H25NOS. The molecule has 0 aliphatic carbocycles. The molecule has 102 valence electrons. The lowest BCUT2D eigenvalue weighted by molar-refractivity contribution is 0.174. The molecule has 3 heteroatoms. The molecule has 1 atom stereocenters. The Kier molecular flexibility index (Phi) is 8.14. The average molecular weight is 267 g/mol. The van der Waals surface area contributed by atoms with Gasteiger partial charge in [0.1, 0.15) is 0 Å². The van der Waals surface area contributed by atoms with E-state index >= 15 is 0 Å². The topological polar surface area (TPSA) is 21.3 Å². The number of hydrogen-bond acceptors (Lipinski definition) is 3. The van der Waals surface area contributed by atoms with Crippen molar-refractivity contribution in [3.8, 4) is 0 Å². The molecule has 2 nitrogen and oxygen atoms in total. The van der Waals surface area contributed by atoms with Crippen molar-refractivity contribution in [3.63, 3.8) is 0 Å². The quantitative estimate of drug-likeness (QED) is 0.742. The number of ether oxygens (including phenoxy) is 1. The van der Waals surface area contributed by atoms with E-state index in [4.69, 9.17) is 4.74 Å². The lowest BCUT2D eigenvalue weighted by atomic mass is 10.1. The van der Waals surface area contributed by atoms with E-state index in [2.05, 4.69) is 43.4 Å². The summed E-state index contributed by atoms with van der Waals surface area (Å²) in [5, 5.41) is 3.53. The Morgan fingerprint density at radius 2 is 2.11 bits per heavy atom. The minimum atomic E-state index is 0.462. The van der Waals surface area contributed by atoms with E-state index in [1.54, 1.807) is 7.11 Å². The number of thioether (sulfide) groups is 1. The van der Waals surface area contributed by atoms with Crippen molar-refractivity contribution in [3.05, 3.63) is 35.4 Å². The number of rotatable bonds is 9. The molecule has 0 amide bonds. The van der Waals surface area contributed by atoms with Crippen LogP contribution in [0.4, 0.5) is 0 Å². The molecule has 0 saturated heterocycles. The Hall–Kier alpha value is -0.510. The molecule has 0 spiro atoms. The summed E-state index contributed by atoms with van der Waals surface area (Å²) in [6.07, 6.45) is 1.17. The smallest absolute Gasteiger partial charge is 0.0623 e. The zero-order valence-electron chi connectivity index (χ0n) is 11.7. The largest absolute Gasteiger partial charge is 0.383 e. The number of hydrogen-bond donors (Lipinski definition) is 1. The zero-order chi connectivity index (χ0) is 13.2. The van der Waals surface area contributed by atoms with E-state index in [0.29, 0.717) is 6.04 Å². The number of aryl methyl sites for hydroxylation is 1. The monoisotopic (exact) mass is 267 g/mol. The minimum Gasteiger partial charge on any atom is -0.383 e. The third kappa shape index (κ3) is 5.89. The van der Waals surface area contributed by atoms with E-state index in [1.807, 2.05) is 11.8 Å². The van der Waals surface area contributed by atoms with Crippen LogP contribution in [0.25, 0.3) is 0 Å². The SMILES string of the molecule is CCCNC(COC)CSCc1ccccc1C. The number of benzene rings is 1. The minimum absolute atomic E-state index is 0.462. The van der Waals surface area contributed by atoms with Gasteiger partial charge in [0.25, 0.3) is 0 Å². The van der Waals surface area contributed by atoms with E-state index < -0.39 is 0 Å². The van der Waals surface area contributed by atoms with Crippen molar-refractivity contribution >= 4 is 11.8 Å². The third-order valence-electron chi connectivity index (χ3n) is 2.89. The molecule has 1 aromatic rings. The second-order valence-corrected chi connectivity index (χ2v) is 5.58. The van der Waals surface area contributed by atoms with Crippen LogP contribution in [0.5, 0.6) is 0 Å². The molecule has 18 heavy (non-hydrogen) atoms. The van der Waals surface area contributed by atoms with Crippen LogP contribution in [0.3, 0.4) is 0 Å². The van der Waals surface area contributed by atoms with Crippen molar-refractivity contribution < 1.29 is 4.74 Å². The summed E-state index contributed by atoms with van der Waals surface area (Å²) in [6, 6.07) is 9.07. The van der Waals surface area contributed by atoms with Gasteiger partial charge in [0.2, 0.25) is 0 Å². The second kappa shape index (κ2) is 9.42. The molecule has 0 aliphatic heterocycles. The summed E-state index contributed by atoms with van der Waals surface area (Å²) < 4.78 is 5.25. The summed E-state index contributed by atoms with van der Waals surface area (Å²) in [7, 11) is 1.77. The molecule has 0 radical (unpaired) electrons. The summed E-state index contributed by atoms with van der Waals surface area (Å²) in [5.74, 6) is 2.18. The maximum atomic E-state index is 5.25. The van der Waals surface area contributed by atoms with Gasteiger partial charge in [-0.3, -0.25) is 0 Å². The van der Waals surface area contributed by atoms with Crippen molar-refractivity contribution in [1.29, 1.82) is 0 Å². The standard InChI is InChI=1S/C15H25NOS/c1-4-9-16-15(10-17-3)12-18-11-14-8-6-5-7-13(14)2/h5-8,15-16H,4,9-12H2,1-3H3. The molecule has 1 unspecified atom stereocenters. The van der Waals surface area contributed by atoms with Crippen LogP contribution in [0.15, 0.2) is 24.3 Å². The first kappa shape index (κ1) is 15.5. The van der Waals surface area contributed by atoms with Gasteiger partial charge in [-0.2, -0.15) is 11.8 Å². The van der Waals surface area contributed by atoms with Gasteiger partial charge in [0.15, 0.2) is 0 Å². The van der Waals surface area contributed by atoms with Gasteiger partial charge in [-0.25, -0.2) is 0 Å². The summed E-state index contributed by atoms with van der Waals surface area (Å²) in [6.45, 7) is 6.23. The van der Waals surface area contributed by atoms with Crippen LogP contribution in [0, 0.1) is 6.92 Å². The molecule has 0 aromatic heterocycles. The fraction of sp³-hybridized carbons (Fsp3) is 0.600. The third-order valence-corrected chi connectivity index (χ3v) is 4.04. The van der Waals surface area contributed by atoms with Crippen molar-refractivity contribution in [2.45, 2.75) is 32.1 Å².